The Morgan fingerprint density at radius 1 is 1.05 bits per heavy atom. The van der Waals surface area contributed by atoms with Gasteiger partial charge in [0.05, 0.1) is 0 Å². The highest BCUT2D eigenvalue weighted by Gasteiger charge is 2.36. The smallest absolute Gasteiger partial charge is 0.246 e. The van der Waals surface area contributed by atoms with Crippen LogP contribution >= 0.6 is 12.4 Å². The van der Waals surface area contributed by atoms with Crippen LogP contribution in [0.2, 0.25) is 0 Å². The molecule has 9 heteroatoms. The van der Waals surface area contributed by atoms with Crippen molar-refractivity contribution in [1.29, 1.82) is 0 Å². The highest BCUT2D eigenvalue weighted by molar-refractivity contribution is 7.89. The molecule has 0 radical (unpaired) electrons. The molecular weight excluding hydrogens is 341 g/mol. The summed E-state index contributed by atoms with van der Waals surface area (Å²) in [6.07, 6.45) is 2.48. The Bertz CT molecular complexity index is 671. The van der Waals surface area contributed by atoms with Crippen LogP contribution in [0.15, 0.2) is 17.0 Å². The molecule has 3 rings (SSSR count). The number of halogens is 4. The van der Waals surface area contributed by atoms with Crippen molar-refractivity contribution in [3.05, 3.63) is 29.6 Å². The van der Waals surface area contributed by atoms with E-state index in [1.807, 2.05) is 0 Å². The van der Waals surface area contributed by atoms with Gasteiger partial charge in [-0.25, -0.2) is 21.6 Å². The SMILES string of the molecule is Cl.O=S(=O)(c1ccc(F)c(F)c1F)N1CCC2CCC(C1)N2. The Hall–Kier alpha value is -0.830. The van der Waals surface area contributed by atoms with Crippen LogP contribution < -0.4 is 5.32 Å². The third-order valence-corrected chi connectivity index (χ3v) is 5.99. The Kier molecular flexibility index (Phi) is 5.06. The van der Waals surface area contributed by atoms with Crippen molar-refractivity contribution >= 4 is 22.4 Å². The van der Waals surface area contributed by atoms with Crippen LogP contribution in [0.1, 0.15) is 19.3 Å². The predicted octanol–water partition coefficient (Wildman–Crippen LogP) is 2.04. The fraction of sp³-hybridized carbons (Fsp3) is 0.538. The maximum Gasteiger partial charge on any atom is 0.246 e. The molecule has 0 amide bonds. The van der Waals surface area contributed by atoms with Crippen LogP contribution in [0.4, 0.5) is 13.2 Å². The first kappa shape index (κ1) is 17.5. The van der Waals surface area contributed by atoms with Gasteiger partial charge < -0.3 is 5.32 Å². The van der Waals surface area contributed by atoms with E-state index in [9.17, 15) is 21.6 Å². The fourth-order valence-electron chi connectivity index (χ4n) is 2.98. The largest absolute Gasteiger partial charge is 0.310 e. The van der Waals surface area contributed by atoms with E-state index in [0.29, 0.717) is 12.5 Å². The van der Waals surface area contributed by atoms with E-state index in [0.717, 1.165) is 23.2 Å². The number of nitrogens with one attached hydrogen (secondary N) is 1. The van der Waals surface area contributed by atoms with E-state index >= 15 is 0 Å². The molecule has 0 aliphatic carbocycles. The maximum absolute atomic E-state index is 13.8. The Morgan fingerprint density at radius 2 is 1.73 bits per heavy atom. The average Bonchev–Trinajstić information content (AvgIpc) is 2.74. The summed E-state index contributed by atoms with van der Waals surface area (Å²) in [4.78, 5) is -0.806. The molecule has 0 saturated carbocycles. The summed E-state index contributed by atoms with van der Waals surface area (Å²) in [6.45, 7) is 0.464. The molecule has 124 valence electrons. The predicted molar refractivity (Wildman–Crippen MR) is 76.9 cm³/mol. The third-order valence-electron chi connectivity index (χ3n) is 4.10. The first-order chi connectivity index (χ1) is 9.89. The van der Waals surface area contributed by atoms with Crippen molar-refractivity contribution in [3.8, 4) is 0 Å². The molecule has 2 aliphatic rings. The van der Waals surface area contributed by atoms with Crippen molar-refractivity contribution < 1.29 is 21.6 Å². The first-order valence-corrected chi connectivity index (χ1v) is 8.23. The van der Waals surface area contributed by atoms with Gasteiger partial charge in [-0.3, -0.25) is 0 Å². The van der Waals surface area contributed by atoms with E-state index in [1.165, 1.54) is 0 Å². The molecule has 2 atom stereocenters. The van der Waals surface area contributed by atoms with Crippen LogP contribution in [0.25, 0.3) is 0 Å². The summed E-state index contributed by atoms with van der Waals surface area (Å²) in [5.74, 6) is -4.81. The van der Waals surface area contributed by atoms with E-state index in [1.54, 1.807) is 0 Å². The summed E-state index contributed by atoms with van der Waals surface area (Å²) < 4.78 is 66.1. The zero-order valence-corrected chi connectivity index (χ0v) is 13.2. The van der Waals surface area contributed by atoms with Crippen molar-refractivity contribution in [3.63, 3.8) is 0 Å². The fourth-order valence-corrected chi connectivity index (χ4v) is 4.53. The molecule has 4 nitrogen and oxygen atoms in total. The molecule has 2 bridgehead atoms. The molecule has 2 unspecified atom stereocenters. The lowest BCUT2D eigenvalue weighted by molar-refractivity contribution is 0.376. The van der Waals surface area contributed by atoms with E-state index in [4.69, 9.17) is 0 Å². The lowest BCUT2D eigenvalue weighted by Gasteiger charge is -2.23. The Morgan fingerprint density at radius 3 is 2.45 bits per heavy atom. The summed E-state index contributed by atoms with van der Waals surface area (Å²) in [7, 11) is -4.17. The van der Waals surface area contributed by atoms with Gasteiger partial charge in [-0.05, 0) is 31.4 Å². The van der Waals surface area contributed by atoms with Gasteiger partial charge in [0, 0.05) is 25.2 Å². The average molecular weight is 357 g/mol. The lowest BCUT2D eigenvalue weighted by Crippen LogP contribution is -2.39. The zero-order chi connectivity index (χ0) is 15.2. The van der Waals surface area contributed by atoms with E-state index in [2.05, 4.69) is 5.32 Å². The van der Waals surface area contributed by atoms with Crippen molar-refractivity contribution in [2.45, 2.75) is 36.2 Å². The zero-order valence-electron chi connectivity index (χ0n) is 11.6. The minimum atomic E-state index is -4.17. The quantitative estimate of drug-likeness (QED) is 0.825. The van der Waals surface area contributed by atoms with Crippen molar-refractivity contribution in [1.82, 2.24) is 9.62 Å². The summed E-state index contributed by atoms with van der Waals surface area (Å²) in [5, 5.41) is 3.31. The molecule has 2 saturated heterocycles. The number of benzene rings is 1. The maximum atomic E-state index is 13.8. The standard InChI is InChI=1S/C13H15F3N2O2S.ClH/c14-10-3-4-11(13(16)12(10)15)21(19,20)18-6-5-8-1-2-9(7-18)17-8;/h3-4,8-9,17H,1-2,5-7H2;1H. The molecule has 1 N–H and O–H groups in total. The number of hydrogen-bond donors (Lipinski definition) is 1. The van der Waals surface area contributed by atoms with Gasteiger partial charge in [0.2, 0.25) is 10.0 Å². The van der Waals surface area contributed by atoms with Crippen LogP contribution in [-0.4, -0.2) is 37.9 Å². The highest BCUT2D eigenvalue weighted by atomic mass is 35.5. The van der Waals surface area contributed by atoms with Gasteiger partial charge in [0.25, 0.3) is 0 Å². The second-order valence-corrected chi connectivity index (χ2v) is 7.37. The molecular formula is C13H16ClF3N2O2S. The van der Waals surface area contributed by atoms with Gasteiger partial charge in [-0.15, -0.1) is 12.4 Å². The highest BCUT2D eigenvalue weighted by Crippen LogP contribution is 2.27. The lowest BCUT2D eigenvalue weighted by atomic mass is 10.1. The van der Waals surface area contributed by atoms with E-state index < -0.39 is 32.4 Å². The first-order valence-electron chi connectivity index (χ1n) is 6.79. The number of nitrogens with zero attached hydrogens (tertiary/aromatic N) is 1. The van der Waals surface area contributed by atoms with Gasteiger partial charge in [0.1, 0.15) is 4.90 Å². The topological polar surface area (TPSA) is 49.4 Å². The van der Waals surface area contributed by atoms with Gasteiger partial charge in [-0.1, -0.05) is 0 Å². The summed E-state index contributed by atoms with van der Waals surface area (Å²) >= 11 is 0. The second kappa shape index (κ2) is 6.35. The van der Waals surface area contributed by atoms with E-state index in [-0.39, 0.29) is 37.6 Å². The van der Waals surface area contributed by atoms with Gasteiger partial charge in [-0.2, -0.15) is 4.31 Å². The Balaban J connectivity index is 0.00000176. The Labute approximate surface area is 133 Å². The van der Waals surface area contributed by atoms with Crippen molar-refractivity contribution in [2.75, 3.05) is 13.1 Å². The molecule has 22 heavy (non-hydrogen) atoms. The number of rotatable bonds is 2. The number of fused-ring (bicyclic) bond motifs is 2. The number of hydrogen-bond acceptors (Lipinski definition) is 3. The molecule has 1 aromatic carbocycles. The van der Waals surface area contributed by atoms with Crippen molar-refractivity contribution in [2.24, 2.45) is 0 Å². The van der Waals surface area contributed by atoms with Gasteiger partial charge in [0.15, 0.2) is 17.5 Å². The van der Waals surface area contributed by atoms with Gasteiger partial charge >= 0.3 is 0 Å². The summed E-state index contributed by atoms with van der Waals surface area (Å²) in [6, 6.07) is 1.71. The normalized spacial score (nSPS) is 25.6. The molecule has 1 aromatic rings. The number of sulfonamides is 1. The molecule has 2 fully saturated rings. The van der Waals surface area contributed by atoms with Crippen LogP contribution in [0.3, 0.4) is 0 Å². The summed E-state index contributed by atoms with van der Waals surface area (Å²) in [5.41, 5.74) is 0. The van der Waals surface area contributed by atoms with Crippen LogP contribution in [-0.2, 0) is 10.0 Å². The van der Waals surface area contributed by atoms with Crippen LogP contribution in [0, 0.1) is 17.5 Å². The molecule has 0 aromatic heterocycles. The second-order valence-electron chi connectivity index (χ2n) is 5.46. The van der Waals surface area contributed by atoms with Crippen LogP contribution in [0.5, 0.6) is 0 Å². The minimum absolute atomic E-state index is 0. The minimum Gasteiger partial charge on any atom is -0.310 e. The molecule has 2 heterocycles. The third kappa shape index (κ3) is 2.97. The monoisotopic (exact) mass is 356 g/mol. The molecule has 0 spiro atoms. The molecule has 2 aliphatic heterocycles.